The molecule has 8 heteroatoms. The minimum Gasteiger partial charge on any atom is -0.376 e. The second-order valence-electron chi connectivity index (χ2n) is 6.30. The highest BCUT2D eigenvalue weighted by Crippen LogP contribution is 2.27. The van der Waals surface area contributed by atoms with Gasteiger partial charge in [0, 0.05) is 25.5 Å². The van der Waals surface area contributed by atoms with Crippen molar-refractivity contribution in [3.8, 4) is 0 Å². The van der Waals surface area contributed by atoms with E-state index in [4.69, 9.17) is 11.6 Å². The van der Waals surface area contributed by atoms with Crippen molar-refractivity contribution in [2.24, 2.45) is 0 Å². The molecule has 7 nitrogen and oxygen atoms in total. The molecule has 0 saturated heterocycles. The maximum atomic E-state index is 12.5. The molecule has 0 unspecified atom stereocenters. The summed E-state index contributed by atoms with van der Waals surface area (Å²) in [5, 5.41) is 6.48. The van der Waals surface area contributed by atoms with Crippen LogP contribution in [0.5, 0.6) is 0 Å². The van der Waals surface area contributed by atoms with Gasteiger partial charge >= 0.3 is 0 Å². The molecule has 0 fully saturated rings. The van der Waals surface area contributed by atoms with Gasteiger partial charge in [0.2, 0.25) is 5.91 Å². The summed E-state index contributed by atoms with van der Waals surface area (Å²) in [6, 6.07) is 11.8. The van der Waals surface area contributed by atoms with Gasteiger partial charge in [-0.05, 0) is 30.3 Å². The molecule has 0 aliphatic carbocycles. The second kappa shape index (κ2) is 7.67. The zero-order valence-electron chi connectivity index (χ0n) is 15.0. The van der Waals surface area contributed by atoms with E-state index in [0.29, 0.717) is 21.5 Å². The zero-order chi connectivity index (χ0) is 19.6. The predicted octanol–water partition coefficient (Wildman–Crippen LogP) is 2.44. The van der Waals surface area contributed by atoms with Crippen LogP contribution in [0.1, 0.15) is 6.42 Å². The fourth-order valence-corrected chi connectivity index (χ4v) is 3.00. The van der Waals surface area contributed by atoms with E-state index in [1.54, 1.807) is 36.4 Å². The lowest BCUT2D eigenvalue weighted by Crippen LogP contribution is -2.31. The minimum absolute atomic E-state index is 0.0214. The third-order valence-electron chi connectivity index (χ3n) is 4.16. The van der Waals surface area contributed by atoms with Gasteiger partial charge < -0.3 is 10.2 Å². The minimum atomic E-state index is -0.365. The number of carbonyl (C=O) groups is 1. The molecule has 27 heavy (non-hydrogen) atoms. The van der Waals surface area contributed by atoms with Gasteiger partial charge in [-0.25, -0.2) is 4.68 Å². The molecule has 1 amide bonds. The van der Waals surface area contributed by atoms with Crippen LogP contribution in [0.3, 0.4) is 0 Å². The molecule has 2 aromatic carbocycles. The monoisotopic (exact) mass is 386 g/mol. The van der Waals surface area contributed by atoms with Crippen molar-refractivity contribution in [2.75, 3.05) is 24.3 Å². The summed E-state index contributed by atoms with van der Waals surface area (Å²) in [6.07, 6.45) is 0.0214. The van der Waals surface area contributed by atoms with Crippen LogP contribution in [0.15, 0.2) is 52.1 Å². The fraction of sp³-hybridized carbons (Fsp3) is 0.211. The zero-order valence-corrected chi connectivity index (χ0v) is 15.7. The highest BCUT2D eigenvalue weighted by molar-refractivity contribution is 6.31. The Morgan fingerprint density at radius 2 is 1.85 bits per heavy atom. The third-order valence-corrected chi connectivity index (χ3v) is 4.40. The lowest BCUT2D eigenvalue weighted by molar-refractivity contribution is -0.116. The topological polar surface area (TPSA) is 87.2 Å². The number of anilines is 2. The van der Waals surface area contributed by atoms with E-state index < -0.39 is 0 Å². The van der Waals surface area contributed by atoms with Crippen LogP contribution >= 0.6 is 11.6 Å². The summed E-state index contributed by atoms with van der Waals surface area (Å²) >= 11 is 6.02. The fourth-order valence-electron chi connectivity index (χ4n) is 2.83. The van der Waals surface area contributed by atoms with Crippen LogP contribution in [-0.2, 0) is 11.3 Å². The number of rotatable bonds is 5. The molecular formula is C19H19ClN4O3. The first kappa shape index (κ1) is 18.7. The van der Waals surface area contributed by atoms with Gasteiger partial charge in [-0.3, -0.25) is 19.5 Å². The molecule has 2 N–H and O–H groups in total. The van der Waals surface area contributed by atoms with Crippen molar-refractivity contribution in [3.63, 3.8) is 0 Å². The highest BCUT2D eigenvalue weighted by Gasteiger charge is 2.11. The van der Waals surface area contributed by atoms with Crippen molar-refractivity contribution in [3.05, 3.63) is 68.2 Å². The summed E-state index contributed by atoms with van der Waals surface area (Å²) in [5.74, 6) is -0.290. The van der Waals surface area contributed by atoms with E-state index in [0.717, 1.165) is 10.4 Å². The normalized spacial score (nSPS) is 10.8. The van der Waals surface area contributed by atoms with E-state index in [1.807, 2.05) is 25.1 Å². The lowest BCUT2D eigenvalue weighted by Gasteiger charge is -2.18. The highest BCUT2D eigenvalue weighted by atomic mass is 35.5. The number of aromatic amines is 1. The number of aromatic nitrogens is 2. The number of hydrogen-bond donors (Lipinski definition) is 2. The number of carbonyl (C=O) groups excluding carboxylic acids is 1. The summed E-state index contributed by atoms with van der Waals surface area (Å²) in [4.78, 5) is 38.8. The van der Waals surface area contributed by atoms with Crippen LogP contribution in [0, 0.1) is 0 Å². The van der Waals surface area contributed by atoms with Crippen LogP contribution in [0.2, 0.25) is 5.02 Å². The van der Waals surface area contributed by atoms with Crippen LogP contribution in [-0.4, -0.2) is 29.8 Å². The number of nitrogens with zero attached hydrogens (tertiary/aromatic N) is 2. The van der Waals surface area contributed by atoms with Crippen molar-refractivity contribution < 1.29 is 4.79 Å². The van der Waals surface area contributed by atoms with Gasteiger partial charge in [-0.1, -0.05) is 23.7 Å². The van der Waals surface area contributed by atoms with Crippen LogP contribution in [0.4, 0.5) is 11.4 Å². The number of fused-ring (bicyclic) bond motifs is 1. The SMILES string of the molecule is CN(C)c1ccc(Cl)cc1NC(=O)CCn1[nH]c(=O)c2ccccc2c1=O. The molecule has 0 bridgehead atoms. The Hall–Kier alpha value is -3.06. The standard InChI is InChI=1S/C19H19ClN4O3/c1-23(2)16-8-7-12(20)11-15(16)21-17(25)9-10-24-19(27)14-6-4-3-5-13(14)18(26)22-24/h3-8,11H,9-10H2,1-2H3,(H,21,25)(H,22,26). The van der Waals surface area contributed by atoms with Crippen LogP contribution in [0.25, 0.3) is 10.8 Å². The van der Waals surface area contributed by atoms with Gasteiger partial charge in [0.05, 0.1) is 28.7 Å². The quantitative estimate of drug-likeness (QED) is 0.705. The van der Waals surface area contributed by atoms with Gasteiger partial charge in [0.15, 0.2) is 0 Å². The smallest absolute Gasteiger partial charge is 0.273 e. The molecule has 0 saturated carbocycles. The Balaban J connectivity index is 1.78. The summed E-state index contributed by atoms with van der Waals surface area (Å²) in [7, 11) is 3.72. The van der Waals surface area contributed by atoms with Gasteiger partial charge in [0.1, 0.15) is 0 Å². The Labute approximate surface area is 160 Å². The summed E-state index contributed by atoms with van der Waals surface area (Å²) < 4.78 is 1.16. The summed E-state index contributed by atoms with van der Waals surface area (Å²) in [5.41, 5.74) is 0.686. The molecule has 3 aromatic rings. The average Bonchev–Trinajstić information content (AvgIpc) is 2.63. The van der Waals surface area contributed by atoms with E-state index in [1.165, 1.54) is 0 Å². The molecule has 0 spiro atoms. The number of hydrogen-bond acceptors (Lipinski definition) is 4. The molecular weight excluding hydrogens is 368 g/mol. The van der Waals surface area contributed by atoms with Gasteiger partial charge in [-0.15, -0.1) is 0 Å². The maximum absolute atomic E-state index is 12.5. The Kier molecular flexibility index (Phi) is 5.32. The Bertz CT molecular complexity index is 1120. The average molecular weight is 387 g/mol. The van der Waals surface area contributed by atoms with Crippen molar-refractivity contribution in [2.45, 2.75) is 13.0 Å². The first-order chi connectivity index (χ1) is 12.9. The van der Waals surface area contributed by atoms with Gasteiger partial charge in [-0.2, -0.15) is 0 Å². The van der Waals surface area contributed by atoms with E-state index in [-0.39, 0.29) is 30.0 Å². The number of halogens is 1. The third kappa shape index (κ3) is 4.03. The molecule has 0 aliphatic heterocycles. The van der Waals surface area contributed by atoms with E-state index in [9.17, 15) is 14.4 Å². The number of nitrogens with one attached hydrogen (secondary N) is 2. The number of benzene rings is 2. The maximum Gasteiger partial charge on any atom is 0.273 e. The first-order valence-corrected chi connectivity index (χ1v) is 8.73. The predicted molar refractivity (Wildman–Crippen MR) is 108 cm³/mol. The molecule has 3 rings (SSSR count). The first-order valence-electron chi connectivity index (χ1n) is 8.35. The summed E-state index contributed by atoms with van der Waals surface area (Å²) in [6.45, 7) is 0.0581. The molecule has 140 valence electrons. The van der Waals surface area contributed by atoms with Crippen molar-refractivity contribution >= 4 is 39.7 Å². The second-order valence-corrected chi connectivity index (χ2v) is 6.73. The number of H-pyrrole nitrogens is 1. The van der Waals surface area contributed by atoms with E-state index >= 15 is 0 Å². The molecule has 0 aliphatic rings. The molecule has 0 atom stereocenters. The molecule has 0 radical (unpaired) electrons. The van der Waals surface area contributed by atoms with Crippen molar-refractivity contribution in [1.29, 1.82) is 0 Å². The van der Waals surface area contributed by atoms with Crippen molar-refractivity contribution in [1.82, 2.24) is 9.78 Å². The van der Waals surface area contributed by atoms with Crippen LogP contribution < -0.4 is 21.3 Å². The Morgan fingerprint density at radius 3 is 2.56 bits per heavy atom. The number of aryl methyl sites for hydroxylation is 1. The largest absolute Gasteiger partial charge is 0.376 e. The van der Waals surface area contributed by atoms with Gasteiger partial charge in [0.25, 0.3) is 11.1 Å². The van der Waals surface area contributed by atoms with E-state index in [2.05, 4.69) is 10.4 Å². The number of amides is 1. The molecule has 1 heterocycles. The lowest BCUT2D eigenvalue weighted by atomic mass is 10.2. The molecule has 1 aromatic heterocycles. The Morgan fingerprint density at radius 1 is 1.15 bits per heavy atom.